The number of rotatable bonds is 10. The van der Waals surface area contributed by atoms with Crippen LogP contribution in [0.5, 0.6) is 0 Å². The maximum Gasteiger partial charge on any atom is 0.305 e. The Hall–Kier alpha value is -3.37. The molecule has 188 valence electrons. The minimum absolute atomic E-state index is 0.0535. The first kappa shape index (κ1) is 26.2. The van der Waals surface area contributed by atoms with Gasteiger partial charge in [0.25, 0.3) is 0 Å². The zero-order chi connectivity index (χ0) is 25.8. The van der Waals surface area contributed by atoms with Crippen LogP contribution < -0.4 is 5.32 Å². The van der Waals surface area contributed by atoms with E-state index in [1.54, 1.807) is 31.4 Å². The average molecular weight is 486 g/mol. The molecule has 0 saturated carbocycles. The summed E-state index contributed by atoms with van der Waals surface area (Å²) >= 11 is 0. The van der Waals surface area contributed by atoms with Gasteiger partial charge in [-0.1, -0.05) is 20.8 Å². The van der Waals surface area contributed by atoms with E-state index in [0.717, 1.165) is 11.4 Å². The van der Waals surface area contributed by atoms with Crippen molar-refractivity contribution < 1.29 is 24.5 Å². The molecule has 0 unspecified atom stereocenters. The second-order valence-corrected chi connectivity index (χ2v) is 9.49. The highest BCUT2D eigenvalue weighted by atomic mass is 19.1. The highest BCUT2D eigenvalue weighted by molar-refractivity contribution is 5.78. The van der Waals surface area contributed by atoms with E-state index in [9.17, 15) is 19.4 Å². The molecule has 3 rings (SSSR count). The quantitative estimate of drug-likeness (QED) is 0.343. The molecule has 0 spiro atoms. The summed E-state index contributed by atoms with van der Waals surface area (Å²) < 4.78 is 15.7. The van der Waals surface area contributed by atoms with Crippen molar-refractivity contribution in [1.82, 2.24) is 19.5 Å². The van der Waals surface area contributed by atoms with Gasteiger partial charge in [0.2, 0.25) is 5.95 Å². The number of hydrogen-bond donors (Lipinski definition) is 4. The van der Waals surface area contributed by atoms with Crippen LogP contribution in [0.4, 0.5) is 10.3 Å². The van der Waals surface area contributed by atoms with E-state index in [0.29, 0.717) is 29.6 Å². The SMILES string of the molecule is CNc1nccc(-c2nc(C(C)(C)C)n(CC[C@@H](O)C[C@@H](O)CC(=O)O)c2-c2ccc(F)cc2)n1. The lowest BCUT2D eigenvalue weighted by Gasteiger charge is -2.23. The summed E-state index contributed by atoms with van der Waals surface area (Å²) in [5.74, 6) is -0.305. The molecule has 0 aliphatic carbocycles. The van der Waals surface area contributed by atoms with Crippen molar-refractivity contribution >= 4 is 11.9 Å². The lowest BCUT2D eigenvalue weighted by atomic mass is 9.95. The zero-order valence-electron chi connectivity index (χ0n) is 20.4. The number of aliphatic hydroxyl groups is 2. The number of aromatic nitrogens is 4. The first-order valence-corrected chi connectivity index (χ1v) is 11.5. The molecule has 3 aromatic rings. The van der Waals surface area contributed by atoms with Gasteiger partial charge in [0.05, 0.1) is 30.0 Å². The van der Waals surface area contributed by atoms with Gasteiger partial charge in [0, 0.05) is 30.8 Å². The predicted molar refractivity (Wildman–Crippen MR) is 130 cm³/mol. The first-order valence-electron chi connectivity index (χ1n) is 11.5. The Labute approximate surface area is 203 Å². The molecule has 10 heteroatoms. The Balaban J connectivity index is 2.08. The molecule has 0 saturated heterocycles. The van der Waals surface area contributed by atoms with Crippen molar-refractivity contribution in [2.75, 3.05) is 12.4 Å². The number of halogens is 1. The van der Waals surface area contributed by atoms with E-state index in [2.05, 4.69) is 15.3 Å². The van der Waals surface area contributed by atoms with Gasteiger partial charge in [-0.3, -0.25) is 4.79 Å². The number of nitrogens with zero attached hydrogens (tertiary/aromatic N) is 4. The molecule has 0 aliphatic rings. The summed E-state index contributed by atoms with van der Waals surface area (Å²) in [6.07, 6.45) is -0.648. The van der Waals surface area contributed by atoms with Crippen LogP contribution in [0.15, 0.2) is 36.5 Å². The fourth-order valence-electron chi connectivity index (χ4n) is 3.93. The summed E-state index contributed by atoms with van der Waals surface area (Å²) in [4.78, 5) is 24.5. The average Bonchev–Trinajstić information content (AvgIpc) is 3.17. The fraction of sp³-hybridized carbons (Fsp3) is 0.440. The zero-order valence-corrected chi connectivity index (χ0v) is 20.4. The number of carboxylic acid groups (broad SMARTS) is 1. The van der Waals surface area contributed by atoms with Crippen LogP contribution in [0.1, 0.15) is 45.9 Å². The second-order valence-electron chi connectivity index (χ2n) is 9.49. The summed E-state index contributed by atoms with van der Waals surface area (Å²) in [5, 5.41) is 32.2. The first-order chi connectivity index (χ1) is 16.5. The van der Waals surface area contributed by atoms with Crippen molar-refractivity contribution in [1.29, 1.82) is 0 Å². The number of anilines is 1. The number of benzene rings is 1. The molecule has 2 aromatic heterocycles. The van der Waals surface area contributed by atoms with Crippen LogP contribution in [0.25, 0.3) is 22.6 Å². The molecule has 0 bridgehead atoms. The lowest BCUT2D eigenvalue weighted by Crippen LogP contribution is -2.24. The van der Waals surface area contributed by atoms with E-state index in [1.165, 1.54) is 12.1 Å². The van der Waals surface area contributed by atoms with Crippen molar-refractivity contribution in [3.05, 3.63) is 48.2 Å². The van der Waals surface area contributed by atoms with Crippen LogP contribution in [-0.2, 0) is 16.8 Å². The molecule has 9 nitrogen and oxygen atoms in total. The molecule has 35 heavy (non-hydrogen) atoms. The van der Waals surface area contributed by atoms with Crippen LogP contribution >= 0.6 is 0 Å². The van der Waals surface area contributed by atoms with Gasteiger partial charge in [0.1, 0.15) is 17.3 Å². The number of nitrogens with one attached hydrogen (secondary N) is 1. The molecular formula is C25H32FN5O4. The standard InChI is InChI=1S/C25H32FN5O4/c1-25(2,3)23-30-21(19-9-11-28-24(27-4)29-19)22(15-5-7-16(26)8-6-15)31(23)12-10-17(32)13-18(33)14-20(34)35/h5-9,11,17-18,32-33H,10,12-14H2,1-4H3,(H,34,35)(H,27,28,29)/t17-,18-/m1/s1. The van der Waals surface area contributed by atoms with E-state index in [-0.39, 0.29) is 24.1 Å². The van der Waals surface area contributed by atoms with Crippen molar-refractivity contribution in [2.24, 2.45) is 0 Å². The van der Waals surface area contributed by atoms with E-state index in [1.807, 2.05) is 25.3 Å². The molecule has 0 radical (unpaired) electrons. The van der Waals surface area contributed by atoms with E-state index < -0.39 is 24.6 Å². The van der Waals surface area contributed by atoms with E-state index in [4.69, 9.17) is 10.1 Å². The number of aliphatic hydroxyl groups excluding tert-OH is 2. The normalized spacial score (nSPS) is 13.5. The number of hydrogen-bond acceptors (Lipinski definition) is 7. The third-order valence-electron chi connectivity index (χ3n) is 5.52. The van der Waals surface area contributed by atoms with Gasteiger partial charge < -0.3 is 25.2 Å². The van der Waals surface area contributed by atoms with Gasteiger partial charge in [-0.15, -0.1) is 0 Å². The minimum Gasteiger partial charge on any atom is -0.481 e. The summed E-state index contributed by atoms with van der Waals surface area (Å²) in [5.41, 5.74) is 2.26. The van der Waals surface area contributed by atoms with Gasteiger partial charge in [-0.2, -0.15) is 0 Å². The number of imidazole rings is 1. The van der Waals surface area contributed by atoms with Gasteiger partial charge in [-0.05, 0) is 43.2 Å². The second kappa shape index (κ2) is 10.9. The topological polar surface area (TPSA) is 133 Å². The minimum atomic E-state index is -1.14. The van der Waals surface area contributed by atoms with E-state index >= 15 is 0 Å². The molecule has 0 fully saturated rings. The van der Waals surface area contributed by atoms with Crippen molar-refractivity contribution in [2.45, 2.75) is 64.2 Å². The smallest absolute Gasteiger partial charge is 0.305 e. The number of carboxylic acids is 1. The van der Waals surface area contributed by atoms with Crippen LogP contribution in [0, 0.1) is 5.82 Å². The van der Waals surface area contributed by atoms with Crippen molar-refractivity contribution in [3.8, 4) is 22.6 Å². The summed E-state index contributed by atoms with van der Waals surface area (Å²) in [7, 11) is 1.72. The lowest BCUT2D eigenvalue weighted by molar-refractivity contribution is -0.139. The molecule has 2 heterocycles. The molecule has 1 aromatic carbocycles. The monoisotopic (exact) mass is 485 g/mol. The molecule has 4 N–H and O–H groups in total. The Morgan fingerprint density at radius 1 is 1.11 bits per heavy atom. The largest absolute Gasteiger partial charge is 0.481 e. The van der Waals surface area contributed by atoms with Crippen LogP contribution in [0.2, 0.25) is 0 Å². The Morgan fingerprint density at radius 2 is 1.80 bits per heavy atom. The number of aliphatic carboxylic acids is 1. The van der Waals surface area contributed by atoms with Gasteiger partial charge in [-0.25, -0.2) is 19.3 Å². The summed E-state index contributed by atoms with van der Waals surface area (Å²) in [6, 6.07) is 7.86. The molecular weight excluding hydrogens is 453 g/mol. The Morgan fingerprint density at radius 3 is 2.40 bits per heavy atom. The maximum absolute atomic E-state index is 13.7. The van der Waals surface area contributed by atoms with Crippen LogP contribution in [-0.4, -0.2) is 60.1 Å². The molecule has 0 aliphatic heterocycles. The molecule has 2 atom stereocenters. The molecule has 0 amide bonds. The number of carbonyl (C=O) groups is 1. The summed E-state index contributed by atoms with van der Waals surface area (Å²) in [6.45, 7) is 6.42. The Kier molecular flexibility index (Phi) is 8.18. The third-order valence-corrected chi connectivity index (χ3v) is 5.52. The fourth-order valence-corrected chi connectivity index (χ4v) is 3.93. The van der Waals surface area contributed by atoms with Crippen molar-refractivity contribution in [3.63, 3.8) is 0 Å². The Bertz CT molecular complexity index is 1160. The maximum atomic E-state index is 13.7. The highest BCUT2D eigenvalue weighted by Gasteiger charge is 2.28. The third kappa shape index (κ3) is 6.61. The van der Waals surface area contributed by atoms with Gasteiger partial charge >= 0.3 is 5.97 Å². The highest BCUT2D eigenvalue weighted by Crippen LogP contribution is 2.36. The van der Waals surface area contributed by atoms with Gasteiger partial charge in [0.15, 0.2) is 0 Å². The van der Waals surface area contributed by atoms with Crippen LogP contribution in [0.3, 0.4) is 0 Å². The predicted octanol–water partition coefficient (Wildman–Crippen LogP) is 3.46.